The number of benzene rings is 2. The molecule has 0 unspecified atom stereocenters. The predicted molar refractivity (Wildman–Crippen MR) is 142 cm³/mol. The molecule has 1 aliphatic rings. The lowest BCUT2D eigenvalue weighted by Gasteiger charge is -2.34. The zero-order valence-corrected chi connectivity index (χ0v) is 22.2. The SMILES string of the molecule is CC(C)c1ccc([C@H](C(=O)NC(C)(C)C)N(C(=O)CNC(=O)c2ccco2)c2ccc3c(c2)OCO3)cc1. The van der Waals surface area contributed by atoms with Crippen molar-refractivity contribution in [1.82, 2.24) is 10.6 Å². The zero-order chi connectivity index (χ0) is 27.4. The van der Waals surface area contributed by atoms with Gasteiger partial charge in [-0.1, -0.05) is 38.1 Å². The van der Waals surface area contributed by atoms with Crippen LogP contribution >= 0.6 is 0 Å². The van der Waals surface area contributed by atoms with Crippen molar-refractivity contribution in [2.75, 3.05) is 18.2 Å². The Morgan fingerprint density at radius 3 is 2.26 bits per heavy atom. The van der Waals surface area contributed by atoms with E-state index in [1.54, 1.807) is 24.3 Å². The molecule has 4 rings (SSSR count). The van der Waals surface area contributed by atoms with Crippen LogP contribution in [-0.2, 0) is 9.59 Å². The molecule has 0 aliphatic carbocycles. The minimum absolute atomic E-state index is 0.0660. The van der Waals surface area contributed by atoms with Crippen molar-refractivity contribution in [2.45, 2.75) is 52.1 Å². The Morgan fingerprint density at radius 2 is 1.63 bits per heavy atom. The number of anilines is 1. The highest BCUT2D eigenvalue weighted by atomic mass is 16.7. The number of furan rings is 1. The van der Waals surface area contributed by atoms with E-state index in [9.17, 15) is 14.4 Å². The number of hydrogen-bond donors (Lipinski definition) is 2. The number of ether oxygens (including phenoxy) is 2. The summed E-state index contributed by atoms with van der Waals surface area (Å²) in [5.41, 5.74) is 1.60. The van der Waals surface area contributed by atoms with Gasteiger partial charge in [-0.3, -0.25) is 19.3 Å². The van der Waals surface area contributed by atoms with Crippen LogP contribution in [-0.4, -0.2) is 36.6 Å². The van der Waals surface area contributed by atoms with E-state index in [0.717, 1.165) is 5.56 Å². The Balaban J connectivity index is 1.75. The van der Waals surface area contributed by atoms with Crippen LogP contribution in [0.5, 0.6) is 11.5 Å². The normalized spacial score (nSPS) is 13.2. The van der Waals surface area contributed by atoms with Gasteiger partial charge in [0.05, 0.1) is 12.8 Å². The summed E-state index contributed by atoms with van der Waals surface area (Å²) in [6.45, 7) is 9.50. The summed E-state index contributed by atoms with van der Waals surface area (Å²) in [6, 6.07) is 14.7. The minimum atomic E-state index is -1.02. The molecule has 1 aliphatic heterocycles. The average molecular weight is 520 g/mol. The van der Waals surface area contributed by atoms with E-state index < -0.39 is 23.4 Å². The highest BCUT2D eigenvalue weighted by Gasteiger charge is 2.35. The number of fused-ring (bicyclic) bond motifs is 1. The molecule has 9 heteroatoms. The zero-order valence-electron chi connectivity index (χ0n) is 22.2. The molecule has 2 N–H and O–H groups in total. The van der Waals surface area contributed by atoms with Crippen molar-refractivity contribution in [1.29, 1.82) is 0 Å². The lowest BCUT2D eigenvalue weighted by molar-refractivity contribution is -0.127. The molecule has 0 saturated heterocycles. The number of hydrogen-bond acceptors (Lipinski definition) is 6. The van der Waals surface area contributed by atoms with E-state index in [1.807, 2.05) is 45.0 Å². The second-order valence-electron chi connectivity index (χ2n) is 10.4. The number of carbonyl (C=O) groups excluding carboxylic acids is 3. The maximum atomic E-state index is 13.8. The minimum Gasteiger partial charge on any atom is -0.459 e. The quantitative estimate of drug-likeness (QED) is 0.452. The second-order valence-corrected chi connectivity index (χ2v) is 10.4. The van der Waals surface area contributed by atoms with Crippen molar-refractivity contribution in [3.8, 4) is 11.5 Å². The Labute approximate surface area is 222 Å². The summed E-state index contributed by atoms with van der Waals surface area (Å²) in [6.07, 6.45) is 1.38. The van der Waals surface area contributed by atoms with Gasteiger partial charge in [0, 0.05) is 17.3 Å². The van der Waals surface area contributed by atoms with Gasteiger partial charge in [0.1, 0.15) is 6.04 Å². The van der Waals surface area contributed by atoms with Gasteiger partial charge in [0.2, 0.25) is 18.6 Å². The number of carbonyl (C=O) groups is 3. The highest BCUT2D eigenvalue weighted by Crippen LogP contribution is 2.38. The molecule has 1 aromatic heterocycles. The molecule has 0 bridgehead atoms. The van der Waals surface area contributed by atoms with Gasteiger partial charge in [0.25, 0.3) is 5.91 Å². The molecule has 2 heterocycles. The largest absolute Gasteiger partial charge is 0.459 e. The number of amides is 3. The first-order valence-corrected chi connectivity index (χ1v) is 12.5. The van der Waals surface area contributed by atoms with Crippen molar-refractivity contribution in [3.05, 3.63) is 77.7 Å². The van der Waals surface area contributed by atoms with Gasteiger partial charge in [-0.15, -0.1) is 0 Å². The molecular weight excluding hydrogens is 486 g/mol. The Hall–Kier alpha value is -4.27. The van der Waals surface area contributed by atoms with Gasteiger partial charge >= 0.3 is 0 Å². The topological polar surface area (TPSA) is 110 Å². The Morgan fingerprint density at radius 1 is 0.947 bits per heavy atom. The fraction of sp³-hybridized carbons (Fsp3) is 0.345. The van der Waals surface area contributed by atoms with Gasteiger partial charge in [-0.25, -0.2) is 0 Å². The molecule has 0 radical (unpaired) electrons. The molecule has 3 aromatic rings. The van der Waals surface area contributed by atoms with Crippen LogP contribution in [0.2, 0.25) is 0 Å². The third-order valence-electron chi connectivity index (χ3n) is 5.97. The molecule has 200 valence electrons. The molecule has 0 saturated carbocycles. The molecule has 0 fully saturated rings. The van der Waals surface area contributed by atoms with Crippen LogP contribution in [0.4, 0.5) is 5.69 Å². The molecule has 9 nitrogen and oxygen atoms in total. The molecule has 2 aromatic carbocycles. The summed E-state index contributed by atoms with van der Waals surface area (Å²) in [5.74, 6) is -0.00254. The van der Waals surface area contributed by atoms with E-state index in [4.69, 9.17) is 13.9 Å². The number of rotatable bonds is 8. The van der Waals surface area contributed by atoms with Crippen molar-refractivity contribution >= 4 is 23.4 Å². The standard InChI is InChI=1S/C29H33N3O6/c1-18(2)19-8-10-20(11-9-19)26(28(35)31-29(3,4)5)32(21-12-13-22-24(15-21)38-17-37-22)25(33)16-30-27(34)23-7-6-14-36-23/h6-15,18,26H,16-17H2,1-5H3,(H,30,34)(H,31,35)/t26-/m1/s1. The van der Waals surface area contributed by atoms with E-state index in [1.165, 1.54) is 17.2 Å². The van der Waals surface area contributed by atoms with Crippen LogP contribution in [0, 0.1) is 0 Å². The van der Waals surface area contributed by atoms with Crippen LogP contribution in [0.25, 0.3) is 0 Å². The smallest absolute Gasteiger partial charge is 0.287 e. The van der Waals surface area contributed by atoms with Gasteiger partial charge in [-0.05, 0) is 62.1 Å². The summed E-state index contributed by atoms with van der Waals surface area (Å²) >= 11 is 0. The lowest BCUT2D eigenvalue weighted by atomic mass is 9.96. The molecule has 1 atom stereocenters. The Kier molecular flexibility index (Phi) is 7.75. The molecule has 0 spiro atoms. The summed E-state index contributed by atoms with van der Waals surface area (Å²) in [5, 5.41) is 5.60. The maximum absolute atomic E-state index is 13.8. The van der Waals surface area contributed by atoms with Crippen molar-refractivity contribution in [2.24, 2.45) is 0 Å². The van der Waals surface area contributed by atoms with E-state index >= 15 is 0 Å². The lowest BCUT2D eigenvalue weighted by Crippen LogP contribution is -2.51. The highest BCUT2D eigenvalue weighted by molar-refractivity contribution is 6.04. The fourth-order valence-corrected chi connectivity index (χ4v) is 4.13. The number of nitrogens with zero attached hydrogens (tertiary/aromatic N) is 1. The third-order valence-corrected chi connectivity index (χ3v) is 5.97. The van der Waals surface area contributed by atoms with E-state index in [0.29, 0.717) is 28.7 Å². The number of nitrogens with one attached hydrogen (secondary N) is 2. The Bertz CT molecular complexity index is 1290. The maximum Gasteiger partial charge on any atom is 0.287 e. The van der Waals surface area contributed by atoms with Gasteiger partial charge in [-0.2, -0.15) is 0 Å². The van der Waals surface area contributed by atoms with Crippen LogP contribution in [0.3, 0.4) is 0 Å². The van der Waals surface area contributed by atoms with Crippen LogP contribution in [0.15, 0.2) is 65.3 Å². The second kappa shape index (κ2) is 11.0. The summed E-state index contributed by atoms with van der Waals surface area (Å²) in [7, 11) is 0. The summed E-state index contributed by atoms with van der Waals surface area (Å²) in [4.78, 5) is 41.5. The molecule has 3 amide bonds. The first kappa shape index (κ1) is 26.8. The van der Waals surface area contributed by atoms with E-state index in [2.05, 4.69) is 24.5 Å². The van der Waals surface area contributed by atoms with Crippen molar-refractivity contribution in [3.63, 3.8) is 0 Å². The third kappa shape index (κ3) is 6.16. The molecular formula is C29H33N3O6. The first-order valence-electron chi connectivity index (χ1n) is 12.5. The summed E-state index contributed by atoms with van der Waals surface area (Å²) < 4.78 is 16.1. The average Bonchev–Trinajstić information content (AvgIpc) is 3.56. The van der Waals surface area contributed by atoms with Crippen molar-refractivity contribution < 1.29 is 28.3 Å². The molecule has 38 heavy (non-hydrogen) atoms. The van der Waals surface area contributed by atoms with E-state index in [-0.39, 0.29) is 25.0 Å². The van der Waals surface area contributed by atoms with Gasteiger partial charge < -0.3 is 24.5 Å². The van der Waals surface area contributed by atoms with Crippen LogP contribution in [0.1, 0.15) is 68.3 Å². The fourth-order valence-electron chi connectivity index (χ4n) is 4.13. The predicted octanol–water partition coefficient (Wildman–Crippen LogP) is 4.55. The van der Waals surface area contributed by atoms with Crippen LogP contribution < -0.4 is 25.0 Å². The monoisotopic (exact) mass is 519 g/mol. The first-order chi connectivity index (χ1) is 18.0. The van der Waals surface area contributed by atoms with Gasteiger partial charge in [0.15, 0.2) is 17.3 Å².